The van der Waals surface area contributed by atoms with Crippen LogP contribution >= 0.6 is 22.6 Å². The van der Waals surface area contributed by atoms with E-state index in [1.54, 1.807) is 0 Å². The molecule has 1 aromatic carbocycles. The Morgan fingerprint density at radius 2 is 2.07 bits per heavy atom. The zero-order valence-electron chi connectivity index (χ0n) is 8.25. The number of hydrogen-bond acceptors (Lipinski definition) is 2. The van der Waals surface area contributed by atoms with Crippen molar-refractivity contribution in [2.45, 2.75) is 10.5 Å². The Balaban J connectivity index is 2.63. The molecule has 0 amide bonds. The van der Waals surface area contributed by atoms with Crippen molar-refractivity contribution in [3.8, 4) is 0 Å². The summed E-state index contributed by atoms with van der Waals surface area (Å²) < 4.78 is -0.0672. The molecule has 0 bridgehead atoms. The van der Waals surface area contributed by atoms with Gasteiger partial charge in [0.2, 0.25) is 0 Å². The molecule has 1 atom stereocenters. The molecule has 74 valence electrons. The third-order valence-electron chi connectivity index (χ3n) is 2.82. The Kier molecular flexibility index (Phi) is 2.39. The van der Waals surface area contributed by atoms with Crippen LogP contribution in [0.3, 0.4) is 0 Å². The molecule has 1 aliphatic rings. The standard InChI is InChI=1S/C11H12INO/c1-11(12)9-6-4-3-5-8(9)10(14)7-13(11)2/h3-6H,7H2,1-2H3/t11-/m0/s1. The normalized spacial score (nSPS) is 27.5. The van der Waals surface area contributed by atoms with Crippen LogP contribution < -0.4 is 0 Å². The molecule has 0 fully saturated rings. The molecule has 1 aromatic rings. The smallest absolute Gasteiger partial charge is 0.177 e. The van der Waals surface area contributed by atoms with E-state index in [9.17, 15) is 4.79 Å². The summed E-state index contributed by atoms with van der Waals surface area (Å²) in [5.74, 6) is 0.220. The minimum atomic E-state index is -0.0672. The van der Waals surface area contributed by atoms with E-state index < -0.39 is 0 Å². The summed E-state index contributed by atoms with van der Waals surface area (Å²) in [6.45, 7) is 2.65. The van der Waals surface area contributed by atoms with Crippen LogP contribution in [0.5, 0.6) is 0 Å². The molecule has 0 unspecified atom stereocenters. The van der Waals surface area contributed by atoms with Crippen molar-refractivity contribution >= 4 is 28.4 Å². The highest BCUT2D eigenvalue weighted by molar-refractivity contribution is 14.1. The van der Waals surface area contributed by atoms with E-state index in [-0.39, 0.29) is 9.33 Å². The molecule has 0 aliphatic carbocycles. The van der Waals surface area contributed by atoms with Gasteiger partial charge >= 0.3 is 0 Å². The molecule has 1 heterocycles. The van der Waals surface area contributed by atoms with Crippen molar-refractivity contribution in [3.63, 3.8) is 0 Å². The van der Waals surface area contributed by atoms with Gasteiger partial charge in [0.1, 0.15) is 0 Å². The molecule has 1 aliphatic heterocycles. The summed E-state index contributed by atoms with van der Waals surface area (Å²) in [6, 6.07) is 7.87. The van der Waals surface area contributed by atoms with Crippen molar-refractivity contribution in [1.82, 2.24) is 4.90 Å². The average molecular weight is 301 g/mol. The van der Waals surface area contributed by atoms with E-state index >= 15 is 0 Å². The Bertz CT molecular complexity index is 387. The SMILES string of the molecule is CN1CC(=O)c2ccccc2[C@@]1(C)I. The molecular weight excluding hydrogens is 289 g/mol. The van der Waals surface area contributed by atoms with E-state index in [1.165, 1.54) is 0 Å². The fourth-order valence-electron chi connectivity index (χ4n) is 1.78. The van der Waals surface area contributed by atoms with Gasteiger partial charge in [-0.2, -0.15) is 0 Å². The molecule has 0 N–H and O–H groups in total. The van der Waals surface area contributed by atoms with Gasteiger partial charge in [0, 0.05) is 5.56 Å². The molecule has 0 radical (unpaired) electrons. The number of nitrogens with zero attached hydrogens (tertiary/aromatic N) is 1. The van der Waals surface area contributed by atoms with Crippen LogP contribution in [0.2, 0.25) is 0 Å². The first kappa shape index (κ1) is 10.1. The number of Topliss-reactive ketones (excluding diaryl/α,β-unsaturated/α-hetero) is 1. The second-order valence-corrected chi connectivity index (χ2v) is 5.88. The maximum atomic E-state index is 11.7. The minimum absolute atomic E-state index is 0.0672. The predicted octanol–water partition coefficient (Wildman–Crippen LogP) is 2.42. The van der Waals surface area contributed by atoms with Crippen LogP contribution in [0.1, 0.15) is 22.8 Å². The van der Waals surface area contributed by atoms with Gasteiger partial charge in [-0.3, -0.25) is 9.69 Å². The quantitative estimate of drug-likeness (QED) is 0.417. The van der Waals surface area contributed by atoms with Crippen molar-refractivity contribution in [2.75, 3.05) is 13.6 Å². The van der Waals surface area contributed by atoms with E-state index in [0.29, 0.717) is 6.54 Å². The first-order valence-corrected chi connectivity index (χ1v) is 5.64. The van der Waals surface area contributed by atoms with Gasteiger partial charge in [-0.25, -0.2) is 0 Å². The lowest BCUT2D eigenvalue weighted by atomic mass is 9.93. The third kappa shape index (κ3) is 1.39. The highest BCUT2D eigenvalue weighted by Gasteiger charge is 2.36. The third-order valence-corrected chi connectivity index (χ3v) is 4.22. The van der Waals surface area contributed by atoms with Gasteiger partial charge < -0.3 is 0 Å². The van der Waals surface area contributed by atoms with E-state index in [2.05, 4.69) is 34.4 Å². The molecule has 0 spiro atoms. The molecule has 3 heteroatoms. The second kappa shape index (κ2) is 3.31. The Morgan fingerprint density at radius 1 is 1.43 bits per heavy atom. The number of alkyl halides is 1. The monoisotopic (exact) mass is 301 g/mol. The molecule has 0 saturated carbocycles. The zero-order chi connectivity index (χ0) is 10.3. The Hall–Kier alpha value is -0.420. The first-order chi connectivity index (χ1) is 6.53. The second-order valence-electron chi connectivity index (χ2n) is 3.78. The number of likely N-dealkylation sites (N-methyl/N-ethyl adjacent to an activating group) is 1. The summed E-state index contributed by atoms with van der Waals surface area (Å²) in [7, 11) is 1.99. The summed E-state index contributed by atoms with van der Waals surface area (Å²) in [5, 5.41) is 0. The molecule has 2 nitrogen and oxygen atoms in total. The van der Waals surface area contributed by atoms with E-state index in [0.717, 1.165) is 11.1 Å². The maximum Gasteiger partial charge on any atom is 0.177 e. The van der Waals surface area contributed by atoms with Crippen LogP contribution in [0.4, 0.5) is 0 Å². The number of benzene rings is 1. The van der Waals surface area contributed by atoms with Crippen LogP contribution in [0.25, 0.3) is 0 Å². The molecule has 0 aromatic heterocycles. The average Bonchev–Trinajstić information content (AvgIpc) is 2.16. The van der Waals surface area contributed by atoms with Crippen molar-refractivity contribution in [3.05, 3.63) is 35.4 Å². The van der Waals surface area contributed by atoms with Crippen molar-refractivity contribution in [2.24, 2.45) is 0 Å². The van der Waals surface area contributed by atoms with Gasteiger partial charge in [-0.1, -0.05) is 46.9 Å². The fourth-order valence-corrected chi connectivity index (χ4v) is 2.42. The van der Waals surface area contributed by atoms with Crippen LogP contribution in [0.15, 0.2) is 24.3 Å². The lowest BCUT2D eigenvalue weighted by Gasteiger charge is -2.38. The lowest BCUT2D eigenvalue weighted by Crippen LogP contribution is -2.44. The predicted molar refractivity (Wildman–Crippen MR) is 64.8 cm³/mol. The zero-order valence-corrected chi connectivity index (χ0v) is 10.4. The molecule has 14 heavy (non-hydrogen) atoms. The van der Waals surface area contributed by atoms with Crippen LogP contribution in [-0.4, -0.2) is 24.3 Å². The number of fused-ring (bicyclic) bond motifs is 1. The Morgan fingerprint density at radius 3 is 2.79 bits per heavy atom. The number of rotatable bonds is 0. The largest absolute Gasteiger partial charge is 0.293 e. The summed E-state index contributed by atoms with van der Waals surface area (Å²) in [5.41, 5.74) is 2.00. The molecule has 0 saturated heterocycles. The Labute approximate surface area is 97.4 Å². The minimum Gasteiger partial charge on any atom is -0.293 e. The highest BCUT2D eigenvalue weighted by atomic mass is 127. The topological polar surface area (TPSA) is 20.3 Å². The number of hydrogen-bond donors (Lipinski definition) is 0. The van der Waals surface area contributed by atoms with Gasteiger partial charge in [0.15, 0.2) is 5.78 Å². The number of carbonyl (C=O) groups is 1. The van der Waals surface area contributed by atoms with Crippen LogP contribution in [-0.2, 0) is 3.55 Å². The maximum absolute atomic E-state index is 11.7. The van der Waals surface area contributed by atoms with E-state index in [4.69, 9.17) is 0 Å². The first-order valence-electron chi connectivity index (χ1n) is 4.56. The molecular formula is C11H12INO. The van der Waals surface area contributed by atoms with Crippen LogP contribution in [0, 0.1) is 0 Å². The van der Waals surface area contributed by atoms with Gasteiger partial charge in [0.25, 0.3) is 0 Å². The van der Waals surface area contributed by atoms with Gasteiger partial charge in [-0.05, 0) is 19.5 Å². The number of ketones is 1. The molecule has 2 rings (SSSR count). The summed E-state index contributed by atoms with van der Waals surface area (Å²) in [4.78, 5) is 13.8. The number of halogens is 1. The summed E-state index contributed by atoms with van der Waals surface area (Å²) in [6.07, 6.45) is 0. The van der Waals surface area contributed by atoms with E-state index in [1.807, 2.05) is 31.3 Å². The summed E-state index contributed by atoms with van der Waals surface area (Å²) >= 11 is 2.39. The van der Waals surface area contributed by atoms with Crippen molar-refractivity contribution < 1.29 is 4.79 Å². The van der Waals surface area contributed by atoms with Gasteiger partial charge in [-0.15, -0.1) is 0 Å². The fraction of sp³-hybridized carbons (Fsp3) is 0.364. The van der Waals surface area contributed by atoms with Crippen molar-refractivity contribution in [1.29, 1.82) is 0 Å². The highest BCUT2D eigenvalue weighted by Crippen LogP contribution is 2.39. The lowest BCUT2D eigenvalue weighted by molar-refractivity contribution is 0.0885. The number of carbonyl (C=O) groups excluding carboxylic acids is 1. The van der Waals surface area contributed by atoms with Gasteiger partial charge in [0.05, 0.1) is 10.1 Å².